The van der Waals surface area contributed by atoms with Crippen molar-refractivity contribution in [1.82, 2.24) is 15.1 Å². The number of rotatable bonds is 7. The second kappa shape index (κ2) is 10.6. The standard InChI is InChI=1S/C27H25N5O2S/c1-2-14-31-15-17-32(18-16-31)24-13-6-5-12-23(24)28-25(33)19-35-27-30-29-26(34-27)22-11-7-9-20-8-3-4-10-21(20)22/h1,3-13H,14-19H2,(H,28,33). The van der Waals surface area contributed by atoms with Crippen LogP contribution in [0, 0.1) is 12.3 Å². The Labute approximate surface area is 208 Å². The summed E-state index contributed by atoms with van der Waals surface area (Å²) in [5.41, 5.74) is 2.69. The van der Waals surface area contributed by atoms with E-state index in [4.69, 9.17) is 10.8 Å². The molecule has 0 radical (unpaired) electrons. The summed E-state index contributed by atoms with van der Waals surface area (Å²) in [5, 5.41) is 13.9. The molecule has 35 heavy (non-hydrogen) atoms. The molecular formula is C27H25N5O2S. The molecule has 2 heterocycles. The van der Waals surface area contributed by atoms with Crippen molar-refractivity contribution in [1.29, 1.82) is 0 Å². The number of hydrogen-bond acceptors (Lipinski definition) is 7. The fourth-order valence-corrected chi connectivity index (χ4v) is 4.80. The van der Waals surface area contributed by atoms with Gasteiger partial charge in [0.1, 0.15) is 0 Å². The van der Waals surface area contributed by atoms with Gasteiger partial charge in [-0.05, 0) is 29.0 Å². The summed E-state index contributed by atoms with van der Waals surface area (Å²) < 4.78 is 5.86. The van der Waals surface area contributed by atoms with E-state index in [-0.39, 0.29) is 11.7 Å². The molecule has 176 valence electrons. The number of piperazine rings is 1. The number of thioether (sulfide) groups is 1. The predicted molar refractivity (Wildman–Crippen MR) is 141 cm³/mol. The van der Waals surface area contributed by atoms with Gasteiger partial charge in [0.2, 0.25) is 11.8 Å². The van der Waals surface area contributed by atoms with E-state index in [0.29, 0.717) is 17.7 Å². The topological polar surface area (TPSA) is 74.5 Å². The van der Waals surface area contributed by atoms with Crippen LogP contribution in [-0.2, 0) is 4.79 Å². The van der Waals surface area contributed by atoms with Gasteiger partial charge in [-0.3, -0.25) is 9.69 Å². The highest BCUT2D eigenvalue weighted by molar-refractivity contribution is 7.99. The Morgan fingerprint density at radius 2 is 1.77 bits per heavy atom. The highest BCUT2D eigenvalue weighted by atomic mass is 32.2. The minimum absolute atomic E-state index is 0.127. The fraction of sp³-hybridized carbons (Fsp3) is 0.222. The fourth-order valence-electron chi connectivity index (χ4n) is 4.23. The van der Waals surface area contributed by atoms with Gasteiger partial charge in [-0.2, -0.15) is 0 Å². The van der Waals surface area contributed by atoms with Crippen molar-refractivity contribution < 1.29 is 9.21 Å². The van der Waals surface area contributed by atoms with Crippen LogP contribution in [0.2, 0.25) is 0 Å². The van der Waals surface area contributed by atoms with Crippen molar-refractivity contribution in [3.05, 3.63) is 66.7 Å². The molecule has 0 atom stereocenters. The summed E-state index contributed by atoms with van der Waals surface area (Å²) >= 11 is 1.22. The zero-order chi connectivity index (χ0) is 24.0. The summed E-state index contributed by atoms with van der Waals surface area (Å²) in [6.45, 7) is 4.20. The number of benzene rings is 3. The largest absolute Gasteiger partial charge is 0.411 e. The molecule has 1 N–H and O–H groups in total. The summed E-state index contributed by atoms with van der Waals surface area (Å²) in [7, 11) is 0. The Morgan fingerprint density at radius 1 is 1.00 bits per heavy atom. The van der Waals surface area contributed by atoms with Gasteiger partial charge < -0.3 is 14.6 Å². The number of carbonyl (C=O) groups is 1. The maximum atomic E-state index is 12.7. The lowest BCUT2D eigenvalue weighted by Crippen LogP contribution is -2.46. The lowest BCUT2D eigenvalue weighted by Gasteiger charge is -2.36. The van der Waals surface area contributed by atoms with Crippen LogP contribution in [0.4, 0.5) is 11.4 Å². The van der Waals surface area contributed by atoms with Crippen molar-refractivity contribution >= 4 is 39.8 Å². The molecule has 5 rings (SSSR count). The van der Waals surface area contributed by atoms with Crippen molar-refractivity contribution in [2.75, 3.05) is 48.7 Å². The molecule has 1 aliphatic heterocycles. The molecule has 0 bridgehead atoms. The Bertz CT molecular complexity index is 1370. The van der Waals surface area contributed by atoms with E-state index in [1.54, 1.807) is 0 Å². The molecule has 0 unspecified atom stereocenters. The predicted octanol–water partition coefficient (Wildman–Crippen LogP) is 4.38. The molecule has 0 aliphatic carbocycles. The van der Waals surface area contributed by atoms with Gasteiger partial charge in [-0.25, -0.2) is 0 Å². The Balaban J connectivity index is 1.21. The van der Waals surface area contributed by atoms with E-state index < -0.39 is 0 Å². The van der Waals surface area contributed by atoms with Gasteiger partial charge >= 0.3 is 0 Å². The first kappa shape index (κ1) is 23.0. The molecular weight excluding hydrogens is 458 g/mol. The lowest BCUT2D eigenvalue weighted by atomic mass is 10.0. The number of fused-ring (bicyclic) bond motifs is 1. The second-order valence-electron chi connectivity index (χ2n) is 8.22. The van der Waals surface area contributed by atoms with Crippen LogP contribution in [0.5, 0.6) is 0 Å². The maximum absolute atomic E-state index is 12.7. The molecule has 1 amide bonds. The highest BCUT2D eigenvalue weighted by Crippen LogP contribution is 2.30. The summed E-state index contributed by atoms with van der Waals surface area (Å²) in [5.74, 6) is 3.19. The number of aromatic nitrogens is 2. The van der Waals surface area contributed by atoms with Crippen LogP contribution < -0.4 is 10.2 Å². The maximum Gasteiger partial charge on any atom is 0.277 e. The zero-order valence-electron chi connectivity index (χ0n) is 19.2. The molecule has 0 spiro atoms. The minimum Gasteiger partial charge on any atom is -0.411 e. The van der Waals surface area contributed by atoms with Crippen LogP contribution in [-0.4, -0.2) is 59.5 Å². The smallest absolute Gasteiger partial charge is 0.277 e. The van der Waals surface area contributed by atoms with Gasteiger partial charge in [0.15, 0.2) is 0 Å². The van der Waals surface area contributed by atoms with Crippen LogP contribution in [0.3, 0.4) is 0 Å². The van der Waals surface area contributed by atoms with Crippen molar-refractivity contribution in [2.24, 2.45) is 0 Å². The number of para-hydroxylation sites is 2. The summed E-state index contributed by atoms with van der Waals surface area (Å²) in [6, 6.07) is 21.9. The Hall–Kier alpha value is -3.80. The molecule has 1 aromatic heterocycles. The van der Waals surface area contributed by atoms with Gasteiger partial charge in [-0.1, -0.05) is 66.2 Å². The first-order valence-electron chi connectivity index (χ1n) is 11.5. The van der Waals surface area contributed by atoms with Crippen LogP contribution in [0.15, 0.2) is 76.4 Å². The van der Waals surface area contributed by atoms with Crippen LogP contribution >= 0.6 is 11.8 Å². The van der Waals surface area contributed by atoms with Crippen molar-refractivity contribution in [3.8, 4) is 23.8 Å². The molecule has 1 aliphatic rings. The number of carbonyl (C=O) groups excluding carboxylic acids is 1. The van der Waals surface area contributed by atoms with Gasteiger partial charge in [0.25, 0.3) is 5.22 Å². The van der Waals surface area contributed by atoms with E-state index in [1.807, 2.05) is 66.7 Å². The quantitative estimate of drug-likeness (QED) is 0.309. The molecule has 1 fully saturated rings. The van der Waals surface area contributed by atoms with Crippen LogP contribution in [0.25, 0.3) is 22.2 Å². The number of terminal acetylenes is 1. The van der Waals surface area contributed by atoms with Gasteiger partial charge in [0, 0.05) is 31.7 Å². The SMILES string of the molecule is C#CCN1CCN(c2ccccc2NC(=O)CSc2nnc(-c3cccc4ccccc34)o2)CC1. The normalized spacial score (nSPS) is 14.1. The van der Waals surface area contributed by atoms with E-state index >= 15 is 0 Å². The van der Waals surface area contributed by atoms with E-state index in [2.05, 4.69) is 31.2 Å². The third-order valence-corrected chi connectivity index (χ3v) is 6.78. The van der Waals surface area contributed by atoms with Crippen LogP contribution in [0.1, 0.15) is 0 Å². The van der Waals surface area contributed by atoms with Gasteiger partial charge in [-0.15, -0.1) is 16.6 Å². The number of anilines is 2. The van der Waals surface area contributed by atoms with Crippen molar-refractivity contribution in [2.45, 2.75) is 5.22 Å². The third-order valence-electron chi connectivity index (χ3n) is 5.96. The molecule has 0 saturated carbocycles. The first-order chi connectivity index (χ1) is 17.2. The van der Waals surface area contributed by atoms with E-state index in [9.17, 15) is 4.79 Å². The molecule has 3 aromatic carbocycles. The summed E-state index contributed by atoms with van der Waals surface area (Å²) in [4.78, 5) is 17.3. The third kappa shape index (κ3) is 5.32. The van der Waals surface area contributed by atoms with Gasteiger partial charge in [0.05, 0.1) is 23.7 Å². The highest BCUT2D eigenvalue weighted by Gasteiger charge is 2.20. The minimum atomic E-state index is -0.127. The van der Waals surface area contributed by atoms with Crippen molar-refractivity contribution in [3.63, 3.8) is 0 Å². The van der Waals surface area contributed by atoms with E-state index in [0.717, 1.165) is 53.9 Å². The van der Waals surface area contributed by atoms with E-state index in [1.165, 1.54) is 11.8 Å². The summed E-state index contributed by atoms with van der Waals surface area (Å²) in [6.07, 6.45) is 5.44. The average Bonchev–Trinajstić information content (AvgIpc) is 3.37. The average molecular weight is 484 g/mol. The number of nitrogens with one attached hydrogen (secondary N) is 1. The molecule has 1 saturated heterocycles. The Kier molecular flexibility index (Phi) is 6.98. The number of amides is 1. The molecule has 4 aromatic rings. The monoisotopic (exact) mass is 483 g/mol. The Morgan fingerprint density at radius 3 is 2.63 bits per heavy atom. The number of hydrogen-bond donors (Lipinski definition) is 1. The molecule has 7 nitrogen and oxygen atoms in total. The second-order valence-corrected chi connectivity index (χ2v) is 9.15. The lowest BCUT2D eigenvalue weighted by molar-refractivity contribution is -0.113. The molecule has 8 heteroatoms. The zero-order valence-corrected chi connectivity index (χ0v) is 20.0. The number of nitrogens with zero attached hydrogens (tertiary/aromatic N) is 4. The first-order valence-corrected chi connectivity index (χ1v) is 12.4.